The first kappa shape index (κ1) is 15.1. The lowest BCUT2D eigenvalue weighted by Gasteiger charge is -2.04. The zero-order valence-corrected chi connectivity index (χ0v) is 11.4. The number of aliphatic hydroxyl groups excluding tert-OH is 1. The molecule has 4 N–H and O–H groups in total. The second kappa shape index (κ2) is 5.81. The maximum atomic E-state index is 11.4. The van der Waals surface area contributed by atoms with E-state index < -0.39 is 6.23 Å². The third-order valence-electron chi connectivity index (χ3n) is 2.71. The van der Waals surface area contributed by atoms with Gasteiger partial charge in [-0.25, -0.2) is 9.78 Å². The van der Waals surface area contributed by atoms with Crippen LogP contribution in [0.2, 0.25) is 0 Å². The largest absolute Gasteiger partial charge is 0.379 e. The summed E-state index contributed by atoms with van der Waals surface area (Å²) in [6, 6.07) is 0. The van der Waals surface area contributed by atoms with Gasteiger partial charge in [0.05, 0.1) is 6.33 Å². The van der Waals surface area contributed by atoms with E-state index in [9.17, 15) is 9.59 Å². The van der Waals surface area contributed by atoms with Gasteiger partial charge < -0.3 is 15.8 Å². The lowest BCUT2D eigenvalue weighted by atomic mass is 10.2. The molecule has 0 saturated heterocycles. The molecule has 1 atom stereocenters. The van der Waals surface area contributed by atoms with Gasteiger partial charge in [-0.3, -0.25) is 13.9 Å². The minimum absolute atomic E-state index is 0.185. The molecule has 8 heteroatoms. The molecular weight excluding hydrogens is 250 g/mol. The van der Waals surface area contributed by atoms with E-state index in [1.807, 2.05) is 13.8 Å². The Morgan fingerprint density at radius 2 is 1.84 bits per heavy atom. The Balaban J connectivity index is 0.000000258. The summed E-state index contributed by atoms with van der Waals surface area (Å²) < 4.78 is 2.37. The highest BCUT2D eigenvalue weighted by Crippen LogP contribution is 1.97. The summed E-state index contributed by atoms with van der Waals surface area (Å²) in [6.07, 6.45) is 0.746. The van der Waals surface area contributed by atoms with Crippen molar-refractivity contribution >= 4 is 11.2 Å². The van der Waals surface area contributed by atoms with Crippen molar-refractivity contribution in [1.29, 1.82) is 0 Å². The van der Waals surface area contributed by atoms with Gasteiger partial charge in [0.2, 0.25) is 0 Å². The molecular formula is C11H19N5O3. The van der Waals surface area contributed by atoms with Crippen molar-refractivity contribution in [2.24, 2.45) is 25.7 Å². The average molecular weight is 269 g/mol. The van der Waals surface area contributed by atoms with Crippen molar-refractivity contribution in [3.8, 4) is 0 Å². The molecule has 0 aliphatic rings. The van der Waals surface area contributed by atoms with E-state index in [2.05, 4.69) is 9.97 Å². The molecule has 8 nitrogen and oxygen atoms in total. The van der Waals surface area contributed by atoms with Crippen molar-refractivity contribution < 1.29 is 5.11 Å². The molecule has 0 aliphatic carbocycles. The zero-order valence-electron chi connectivity index (χ0n) is 11.4. The van der Waals surface area contributed by atoms with Gasteiger partial charge in [-0.15, -0.1) is 0 Å². The van der Waals surface area contributed by atoms with Crippen molar-refractivity contribution in [2.75, 3.05) is 0 Å². The predicted octanol–water partition coefficient (Wildman–Crippen LogP) is -1.12. The number of aromatic nitrogens is 4. The Labute approximate surface area is 109 Å². The van der Waals surface area contributed by atoms with Gasteiger partial charge in [-0.05, 0) is 5.92 Å². The van der Waals surface area contributed by atoms with Crippen LogP contribution in [0.5, 0.6) is 0 Å². The van der Waals surface area contributed by atoms with Crippen molar-refractivity contribution in [1.82, 2.24) is 19.1 Å². The van der Waals surface area contributed by atoms with Gasteiger partial charge in [0.15, 0.2) is 5.65 Å². The van der Waals surface area contributed by atoms with Gasteiger partial charge in [0.1, 0.15) is 11.7 Å². The predicted molar refractivity (Wildman–Crippen MR) is 71.6 cm³/mol. The zero-order chi connectivity index (χ0) is 14.7. The molecule has 1 unspecified atom stereocenters. The fourth-order valence-electron chi connectivity index (χ4n) is 1.27. The average Bonchev–Trinajstić information content (AvgIpc) is 2.83. The minimum atomic E-state index is -0.648. The number of imidazole rings is 1. The number of aliphatic hydroxyl groups is 1. The molecule has 19 heavy (non-hydrogen) atoms. The molecule has 2 aromatic heterocycles. The van der Waals surface area contributed by atoms with E-state index in [0.29, 0.717) is 11.2 Å². The van der Waals surface area contributed by atoms with Crippen LogP contribution in [0.15, 0.2) is 15.9 Å². The first-order valence-corrected chi connectivity index (χ1v) is 5.80. The molecule has 0 fully saturated rings. The second-order valence-electron chi connectivity index (χ2n) is 4.54. The molecule has 0 aromatic carbocycles. The number of H-pyrrole nitrogens is 1. The summed E-state index contributed by atoms with van der Waals surface area (Å²) in [5.74, 6) is 0.185. The number of rotatable bonds is 1. The monoisotopic (exact) mass is 269 g/mol. The topological polar surface area (TPSA) is 119 Å². The number of hydrogen-bond donors (Lipinski definition) is 3. The molecule has 106 valence electrons. The Bertz CT molecular complexity index is 659. The second-order valence-corrected chi connectivity index (χ2v) is 4.54. The Kier molecular flexibility index (Phi) is 4.62. The highest BCUT2D eigenvalue weighted by atomic mass is 16.3. The quantitative estimate of drug-likeness (QED) is 0.567. The normalized spacial score (nSPS) is 12.4. The van der Waals surface area contributed by atoms with Crippen LogP contribution >= 0.6 is 0 Å². The maximum Gasteiger partial charge on any atom is 0.332 e. The molecule has 0 spiro atoms. The maximum absolute atomic E-state index is 11.4. The molecule has 0 aliphatic heterocycles. The third kappa shape index (κ3) is 3.09. The van der Waals surface area contributed by atoms with Crippen molar-refractivity contribution in [2.45, 2.75) is 20.1 Å². The first-order chi connectivity index (χ1) is 8.77. The van der Waals surface area contributed by atoms with Crippen LogP contribution < -0.4 is 17.0 Å². The molecule has 0 saturated carbocycles. The summed E-state index contributed by atoms with van der Waals surface area (Å²) in [7, 11) is 3.01. The van der Waals surface area contributed by atoms with Crippen molar-refractivity contribution in [3.63, 3.8) is 0 Å². The molecule has 2 aromatic rings. The lowest BCUT2D eigenvalue weighted by Crippen LogP contribution is -2.36. The smallest absolute Gasteiger partial charge is 0.332 e. The van der Waals surface area contributed by atoms with Gasteiger partial charge in [-0.1, -0.05) is 13.8 Å². The van der Waals surface area contributed by atoms with E-state index in [0.717, 1.165) is 4.57 Å². The standard InChI is InChI=1S/C7H8N4O2.C4H11NO/c1-10-5-4(8-3-9-5)6(12)11(2)7(10)13;1-3(2)4(5)6/h3H,1-2H3,(H,8,9);3-4,6H,5H2,1-2H3. The lowest BCUT2D eigenvalue weighted by molar-refractivity contribution is 0.132. The number of hydrogen-bond acceptors (Lipinski definition) is 5. The Morgan fingerprint density at radius 3 is 2.32 bits per heavy atom. The molecule has 0 bridgehead atoms. The van der Waals surface area contributed by atoms with Crippen LogP contribution in [0.3, 0.4) is 0 Å². The highest BCUT2D eigenvalue weighted by Gasteiger charge is 2.08. The number of nitrogens with two attached hydrogens (primary N) is 1. The van der Waals surface area contributed by atoms with Crippen LogP contribution in [0.4, 0.5) is 0 Å². The van der Waals surface area contributed by atoms with Crippen LogP contribution in [0.1, 0.15) is 13.8 Å². The summed E-state index contributed by atoms with van der Waals surface area (Å²) in [4.78, 5) is 29.4. The Hall–Kier alpha value is -1.93. The number of nitrogens with one attached hydrogen (secondary N) is 1. The van der Waals surface area contributed by atoms with E-state index in [1.165, 1.54) is 17.9 Å². The Morgan fingerprint density at radius 1 is 1.32 bits per heavy atom. The van der Waals surface area contributed by atoms with Crippen LogP contribution in [-0.2, 0) is 14.1 Å². The van der Waals surface area contributed by atoms with Crippen molar-refractivity contribution in [3.05, 3.63) is 27.2 Å². The number of nitrogens with zero attached hydrogens (tertiary/aromatic N) is 3. The summed E-state index contributed by atoms with van der Waals surface area (Å²) in [5, 5.41) is 8.41. The van der Waals surface area contributed by atoms with Gasteiger partial charge in [0, 0.05) is 14.1 Å². The number of aryl methyl sites for hydroxylation is 1. The summed E-state index contributed by atoms with van der Waals surface area (Å²) >= 11 is 0. The SMILES string of the molecule is CC(C)C(N)O.Cn1c(=O)c2[nH]cnc2n(C)c1=O. The van der Waals surface area contributed by atoms with Gasteiger partial charge >= 0.3 is 5.69 Å². The third-order valence-corrected chi connectivity index (χ3v) is 2.71. The molecule has 2 rings (SSSR count). The van der Waals surface area contributed by atoms with E-state index in [4.69, 9.17) is 10.8 Å². The van der Waals surface area contributed by atoms with E-state index >= 15 is 0 Å². The summed E-state index contributed by atoms with van der Waals surface area (Å²) in [5.41, 5.74) is 5.00. The number of aromatic amines is 1. The van der Waals surface area contributed by atoms with Crippen LogP contribution in [-0.4, -0.2) is 30.4 Å². The van der Waals surface area contributed by atoms with Gasteiger partial charge in [-0.2, -0.15) is 0 Å². The summed E-state index contributed by atoms with van der Waals surface area (Å²) in [6.45, 7) is 3.73. The van der Waals surface area contributed by atoms with Gasteiger partial charge in [0.25, 0.3) is 5.56 Å². The highest BCUT2D eigenvalue weighted by molar-refractivity contribution is 5.68. The molecule has 0 radical (unpaired) electrons. The molecule has 2 heterocycles. The minimum Gasteiger partial charge on any atom is -0.379 e. The fraction of sp³-hybridized carbons (Fsp3) is 0.545. The van der Waals surface area contributed by atoms with Crippen LogP contribution in [0, 0.1) is 5.92 Å². The van der Waals surface area contributed by atoms with E-state index in [1.54, 1.807) is 7.05 Å². The molecule has 0 amide bonds. The first-order valence-electron chi connectivity index (χ1n) is 5.80. The van der Waals surface area contributed by atoms with Crippen LogP contribution in [0.25, 0.3) is 11.2 Å². The fourth-order valence-corrected chi connectivity index (χ4v) is 1.27. The van der Waals surface area contributed by atoms with E-state index in [-0.39, 0.29) is 17.2 Å². The number of fused-ring (bicyclic) bond motifs is 1.